The number of hydrogen-bond donors (Lipinski definition) is 0. The van der Waals surface area contributed by atoms with E-state index >= 15 is 0 Å². The molecule has 2 aromatic rings. The second-order valence-electron chi connectivity index (χ2n) is 4.12. The van der Waals surface area contributed by atoms with Gasteiger partial charge in [-0.05, 0) is 42.8 Å². The van der Waals surface area contributed by atoms with Gasteiger partial charge in [0.05, 0.1) is 11.6 Å². The molecule has 0 aliphatic heterocycles. The molecule has 96 valence electrons. The average Bonchev–Trinajstić information content (AvgIpc) is 2.41. The van der Waals surface area contributed by atoms with Crippen molar-refractivity contribution in [2.75, 3.05) is 0 Å². The van der Waals surface area contributed by atoms with E-state index in [1.807, 2.05) is 13.0 Å². The highest BCUT2D eigenvalue weighted by Gasteiger charge is 2.06. The second kappa shape index (κ2) is 5.73. The molecule has 0 aliphatic rings. The molecule has 0 saturated heterocycles. The summed E-state index contributed by atoms with van der Waals surface area (Å²) in [6, 6.07) is 11.5. The van der Waals surface area contributed by atoms with E-state index in [0.717, 1.165) is 5.56 Å². The van der Waals surface area contributed by atoms with Gasteiger partial charge >= 0.3 is 0 Å². The van der Waals surface area contributed by atoms with Gasteiger partial charge in [0.25, 0.3) is 0 Å². The number of rotatable bonds is 3. The fraction of sp³-hybridized carbons (Fsp3) is 0.133. The lowest BCUT2D eigenvalue weighted by Gasteiger charge is -2.10. The van der Waals surface area contributed by atoms with Crippen molar-refractivity contribution < 1.29 is 9.13 Å². The molecule has 0 fully saturated rings. The summed E-state index contributed by atoms with van der Waals surface area (Å²) in [6.45, 7) is 1.94. The van der Waals surface area contributed by atoms with Crippen molar-refractivity contribution in [2.24, 2.45) is 0 Å². The number of aryl methyl sites for hydroxylation is 1. The number of halogens is 2. The Labute approximate surface area is 116 Å². The Kier molecular flexibility index (Phi) is 4.03. The van der Waals surface area contributed by atoms with Gasteiger partial charge in [0, 0.05) is 10.6 Å². The summed E-state index contributed by atoms with van der Waals surface area (Å²) < 4.78 is 19.1. The van der Waals surface area contributed by atoms with Crippen LogP contribution in [0.4, 0.5) is 4.39 Å². The van der Waals surface area contributed by atoms with Crippen molar-refractivity contribution in [1.82, 2.24) is 0 Å². The second-order valence-corrected chi connectivity index (χ2v) is 4.55. The van der Waals surface area contributed by atoms with Crippen LogP contribution in [0.25, 0.3) is 0 Å². The summed E-state index contributed by atoms with van der Waals surface area (Å²) in [4.78, 5) is 0. The first kappa shape index (κ1) is 13.4. The van der Waals surface area contributed by atoms with Gasteiger partial charge in [-0.15, -0.1) is 0 Å². The first-order valence-electron chi connectivity index (χ1n) is 5.67. The molecule has 4 heteroatoms. The zero-order valence-corrected chi connectivity index (χ0v) is 11.0. The molecule has 2 rings (SSSR count). The van der Waals surface area contributed by atoms with Crippen LogP contribution in [0.15, 0.2) is 36.4 Å². The van der Waals surface area contributed by atoms with Gasteiger partial charge in [-0.2, -0.15) is 5.26 Å². The van der Waals surface area contributed by atoms with Crippen molar-refractivity contribution in [2.45, 2.75) is 13.5 Å². The van der Waals surface area contributed by atoms with Crippen LogP contribution < -0.4 is 4.74 Å². The third-order valence-electron chi connectivity index (χ3n) is 2.71. The molecular weight excluding hydrogens is 265 g/mol. The van der Waals surface area contributed by atoms with Crippen LogP contribution in [0.5, 0.6) is 5.75 Å². The van der Waals surface area contributed by atoms with E-state index < -0.39 is 0 Å². The molecule has 0 N–H and O–H groups in total. The molecule has 2 nitrogen and oxygen atoms in total. The molecule has 0 amide bonds. The maximum Gasteiger partial charge on any atom is 0.129 e. The van der Waals surface area contributed by atoms with Crippen molar-refractivity contribution in [1.29, 1.82) is 5.26 Å². The molecular formula is C15H11ClFNO. The summed E-state index contributed by atoms with van der Waals surface area (Å²) in [7, 11) is 0. The maximum atomic E-state index is 13.5. The molecule has 0 unspecified atom stereocenters. The molecule has 0 bridgehead atoms. The van der Waals surface area contributed by atoms with E-state index in [2.05, 4.69) is 0 Å². The average molecular weight is 276 g/mol. The Hall–Kier alpha value is -2.05. The molecule has 0 saturated carbocycles. The summed E-state index contributed by atoms with van der Waals surface area (Å²) in [5.41, 5.74) is 1.78. The summed E-state index contributed by atoms with van der Waals surface area (Å²) >= 11 is 5.81. The SMILES string of the molecule is Cc1ccc(C#N)cc1OCc1cc(Cl)ccc1F. The minimum Gasteiger partial charge on any atom is -0.488 e. The standard InChI is InChI=1S/C15H11ClFNO/c1-10-2-3-11(8-18)6-15(10)19-9-12-7-13(16)4-5-14(12)17/h2-7H,9H2,1H3. The predicted octanol–water partition coefficient (Wildman–Crippen LogP) is 4.24. The lowest BCUT2D eigenvalue weighted by molar-refractivity contribution is 0.298. The van der Waals surface area contributed by atoms with E-state index in [-0.39, 0.29) is 12.4 Å². The molecule has 0 spiro atoms. The third-order valence-corrected chi connectivity index (χ3v) is 2.94. The third kappa shape index (κ3) is 3.24. The van der Waals surface area contributed by atoms with Gasteiger partial charge in [0.1, 0.15) is 18.2 Å². The van der Waals surface area contributed by atoms with Gasteiger partial charge in [-0.1, -0.05) is 17.7 Å². The first-order valence-corrected chi connectivity index (χ1v) is 6.05. The molecule has 19 heavy (non-hydrogen) atoms. The van der Waals surface area contributed by atoms with Crippen LogP contribution in [-0.2, 0) is 6.61 Å². The highest BCUT2D eigenvalue weighted by atomic mass is 35.5. The minimum atomic E-state index is -0.363. The lowest BCUT2D eigenvalue weighted by Crippen LogP contribution is -2.00. The Balaban J connectivity index is 2.19. The van der Waals surface area contributed by atoms with E-state index in [4.69, 9.17) is 21.6 Å². The Morgan fingerprint density at radius 1 is 1.26 bits per heavy atom. The monoisotopic (exact) mass is 275 g/mol. The summed E-state index contributed by atoms with van der Waals surface area (Å²) in [5.74, 6) is 0.205. The Morgan fingerprint density at radius 3 is 2.79 bits per heavy atom. The summed E-state index contributed by atoms with van der Waals surface area (Å²) in [6.07, 6.45) is 0. The van der Waals surface area contributed by atoms with Crippen molar-refractivity contribution >= 4 is 11.6 Å². The van der Waals surface area contributed by atoms with Gasteiger partial charge < -0.3 is 4.74 Å². The number of nitrogens with zero attached hydrogens (tertiary/aromatic N) is 1. The molecule has 0 atom stereocenters. The quantitative estimate of drug-likeness (QED) is 0.839. The van der Waals surface area contributed by atoms with Crippen LogP contribution in [0.1, 0.15) is 16.7 Å². The van der Waals surface area contributed by atoms with Crippen molar-refractivity contribution in [3.8, 4) is 11.8 Å². The number of ether oxygens (including phenoxy) is 1. The number of nitriles is 1. The van der Waals surface area contributed by atoms with Crippen molar-refractivity contribution in [3.05, 3.63) is 63.9 Å². The Bertz CT molecular complexity index is 649. The molecule has 0 radical (unpaired) electrons. The topological polar surface area (TPSA) is 33.0 Å². The minimum absolute atomic E-state index is 0.0715. The van der Waals surface area contributed by atoms with Crippen molar-refractivity contribution in [3.63, 3.8) is 0 Å². The van der Waals surface area contributed by atoms with Crippen LogP contribution >= 0.6 is 11.6 Å². The smallest absolute Gasteiger partial charge is 0.129 e. The number of benzene rings is 2. The highest BCUT2D eigenvalue weighted by Crippen LogP contribution is 2.22. The van der Waals surface area contributed by atoms with E-state index in [9.17, 15) is 4.39 Å². The van der Waals surface area contributed by atoms with Gasteiger partial charge in [0.2, 0.25) is 0 Å². The Morgan fingerprint density at radius 2 is 2.05 bits per heavy atom. The van der Waals surface area contributed by atoms with Gasteiger partial charge in [-0.3, -0.25) is 0 Å². The molecule has 0 aromatic heterocycles. The predicted molar refractivity (Wildman–Crippen MR) is 71.6 cm³/mol. The molecule has 0 aliphatic carbocycles. The highest BCUT2D eigenvalue weighted by molar-refractivity contribution is 6.30. The molecule has 2 aromatic carbocycles. The zero-order valence-electron chi connectivity index (χ0n) is 10.3. The van der Waals surface area contributed by atoms with Gasteiger partial charge in [0.15, 0.2) is 0 Å². The van der Waals surface area contributed by atoms with Crippen LogP contribution in [0.2, 0.25) is 5.02 Å². The maximum absolute atomic E-state index is 13.5. The zero-order chi connectivity index (χ0) is 13.8. The summed E-state index contributed by atoms with van der Waals surface area (Å²) in [5, 5.41) is 9.30. The van der Waals surface area contributed by atoms with E-state index in [1.165, 1.54) is 18.2 Å². The van der Waals surface area contributed by atoms with E-state index in [1.54, 1.807) is 18.2 Å². The fourth-order valence-corrected chi connectivity index (χ4v) is 1.83. The number of hydrogen-bond acceptors (Lipinski definition) is 2. The largest absolute Gasteiger partial charge is 0.488 e. The van der Waals surface area contributed by atoms with E-state index in [0.29, 0.717) is 21.9 Å². The normalized spacial score (nSPS) is 10.0. The first-order chi connectivity index (χ1) is 9.10. The van der Waals surface area contributed by atoms with Gasteiger partial charge in [-0.25, -0.2) is 4.39 Å². The van der Waals surface area contributed by atoms with Crippen LogP contribution in [0, 0.1) is 24.1 Å². The van der Waals surface area contributed by atoms with Crippen LogP contribution in [-0.4, -0.2) is 0 Å². The fourth-order valence-electron chi connectivity index (χ4n) is 1.63. The lowest BCUT2D eigenvalue weighted by atomic mass is 10.1. The van der Waals surface area contributed by atoms with Crippen LogP contribution in [0.3, 0.4) is 0 Å². The molecule has 0 heterocycles.